The number of methoxy groups -OCH3 is 1. The number of hydrogen-bond donors (Lipinski definition) is 1. The summed E-state index contributed by atoms with van der Waals surface area (Å²) in [5.74, 6) is -0.174. The molecule has 0 aromatic carbocycles. The minimum Gasteiger partial charge on any atom is -0.476 e. The number of hydrogen-bond acceptors (Lipinski definition) is 6. The number of nitrogens with zero attached hydrogens (tertiary/aromatic N) is 2. The Morgan fingerprint density at radius 3 is 2.88 bits per heavy atom. The zero-order chi connectivity index (χ0) is 12.0. The molecule has 0 fully saturated rings. The minimum atomic E-state index is -0.567. The van der Waals surface area contributed by atoms with Gasteiger partial charge >= 0.3 is 5.97 Å². The highest BCUT2D eigenvalue weighted by atomic mass is 16.5. The molecule has 0 spiro atoms. The zero-order valence-electron chi connectivity index (χ0n) is 9.61. The van der Waals surface area contributed by atoms with E-state index in [0.717, 1.165) is 0 Å². The molecule has 1 rings (SSSR count). The van der Waals surface area contributed by atoms with Crippen molar-refractivity contribution in [1.82, 2.24) is 15.3 Å². The average molecular weight is 225 g/mol. The molecule has 0 amide bonds. The minimum absolute atomic E-state index is 0.0157. The van der Waals surface area contributed by atoms with Crippen molar-refractivity contribution in [2.24, 2.45) is 0 Å². The number of nitrogens with one attached hydrogen (secondary N) is 1. The fourth-order valence-corrected chi connectivity index (χ4v) is 1.05. The van der Waals surface area contributed by atoms with Gasteiger partial charge in [-0.15, -0.1) is 0 Å². The van der Waals surface area contributed by atoms with Crippen molar-refractivity contribution in [3.8, 4) is 5.88 Å². The SMILES string of the molecule is CNCCOc1cc(C)nc(C(=O)OC)n1. The Morgan fingerprint density at radius 2 is 2.25 bits per heavy atom. The Bertz CT molecular complexity index is 368. The van der Waals surface area contributed by atoms with E-state index in [1.54, 1.807) is 13.0 Å². The number of aryl methyl sites for hydroxylation is 1. The Morgan fingerprint density at radius 1 is 1.50 bits per heavy atom. The topological polar surface area (TPSA) is 73.3 Å². The Kier molecular flexibility index (Phi) is 4.65. The Hall–Kier alpha value is -1.69. The first kappa shape index (κ1) is 12.4. The van der Waals surface area contributed by atoms with Crippen LogP contribution < -0.4 is 10.1 Å². The van der Waals surface area contributed by atoms with Crippen LogP contribution in [0.3, 0.4) is 0 Å². The molecule has 0 bridgehead atoms. The second-order valence-electron chi connectivity index (χ2n) is 3.11. The van der Waals surface area contributed by atoms with Crippen LogP contribution in [0.4, 0.5) is 0 Å². The summed E-state index contributed by atoms with van der Waals surface area (Å²) >= 11 is 0. The smallest absolute Gasteiger partial charge is 0.376 e. The lowest BCUT2D eigenvalue weighted by atomic mass is 10.4. The summed E-state index contributed by atoms with van der Waals surface area (Å²) in [7, 11) is 3.12. The van der Waals surface area contributed by atoms with E-state index in [0.29, 0.717) is 24.7 Å². The van der Waals surface area contributed by atoms with Gasteiger partial charge in [-0.1, -0.05) is 0 Å². The van der Waals surface area contributed by atoms with E-state index in [4.69, 9.17) is 4.74 Å². The van der Waals surface area contributed by atoms with Crippen molar-refractivity contribution in [3.05, 3.63) is 17.6 Å². The molecule has 16 heavy (non-hydrogen) atoms. The highest BCUT2D eigenvalue weighted by Gasteiger charge is 2.11. The molecule has 0 aliphatic carbocycles. The van der Waals surface area contributed by atoms with E-state index in [9.17, 15) is 4.79 Å². The third kappa shape index (κ3) is 3.47. The maximum absolute atomic E-state index is 11.2. The van der Waals surface area contributed by atoms with Crippen LogP contribution in [-0.2, 0) is 4.74 Å². The van der Waals surface area contributed by atoms with Crippen LogP contribution in [0.2, 0.25) is 0 Å². The fraction of sp³-hybridized carbons (Fsp3) is 0.500. The predicted molar refractivity (Wildman–Crippen MR) is 57.5 cm³/mol. The van der Waals surface area contributed by atoms with Crippen LogP contribution in [0, 0.1) is 6.92 Å². The molecule has 0 radical (unpaired) electrons. The second-order valence-corrected chi connectivity index (χ2v) is 3.11. The first-order valence-electron chi connectivity index (χ1n) is 4.88. The lowest BCUT2D eigenvalue weighted by Crippen LogP contribution is -2.17. The van der Waals surface area contributed by atoms with E-state index in [1.807, 2.05) is 7.05 Å². The summed E-state index contributed by atoms with van der Waals surface area (Å²) in [5, 5.41) is 2.94. The molecule has 1 aromatic heterocycles. The van der Waals surface area contributed by atoms with E-state index in [1.165, 1.54) is 7.11 Å². The van der Waals surface area contributed by atoms with Gasteiger partial charge in [-0.3, -0.25) is 0 Å². The van der Waals surface area contributed by atoms with Crippen LogP contribution in [0.25, 0.3) is 0 Å². The number of rotatable bonds is 5. The number of carbonyl (C=O) groups is 1. The van der Waals surface area contributed by atoms with Crippen molar-refractivity contribution in [2.45, 2.75) is 6.92 Å². The fourth-order valence-electron chi connectivity index (χ4n) is 1.05. The summed E-state index contributed by atoms with van der Waals surface area (Å²) < 4.78 is 9.88. The quantitative estimate of drug-likeness (QED) is 0.569. The number of ether oxygens (including phenoxy) is 2. The lowest BCUT2D eigenvalue weighted by molar-refractivity contribution is 0.0585. The number of carbonyl (C=O) groups excluding carboxylic acids is 1. The maximum atomic E-state index is 11.2. The lowest BCUT2D eigenvalue weighted by Gasteiger charge is -2.06. The van der Waals surface area contributed by atoms with Gasteiger partial charge in [-0.05, 0) is 14.0 Å². The summed E-state index contributed by atoms with van der Waals surface area (Å²) in [5.41, 5.74) is 0.662. The molecular weight excluding hydrogens is 210 g/mol. The van der Waals surface area contributed by atoms with Gasteiger partial charge < -0.3 is 14.8 Å². The zero-order valence-corrected chi connectivity index (χ0v) is 9.61. The average Bonchev–Trinajstić information content (AvgIpc) is 2.27. The highest BCUT2D eigenvalue weighted by molar-refractivity contribution is 5.85. The van der Waals surface area contributed by atoms with Crippen LogP contribution in [0.5, 0.6) is 5.88 Å². The summed E-state index contributed by atoms with van der Waals surface area (Å²) in [6.45, 7) is 2.95. The van der Waals surface area contributed by atoms with E-state index < -0.39 is 5.97 Å². The van der Waals surface area contributed by atoms with Gasteiger partial charge in [0.15, 0.2) is 0 Å². The molecule has 1 aromatic rings. The van der Waals surface area contributed by atoms with E-state index in [-0.39, 0.29) is 5.82 Å². The second kappa shape index (κ2) is 6.02. The summed E-state index contributed by atoms with van der Waals surface area (Å²) in [4.78, 5) is 19.1. The molecule has 1 heterocycles. The normalized spacial score (nSPS) is 9.94. The molecule has 6 nitrogen and oxygen atoms in total. The molecule has 0 saturated carbocycles. The van der Waals surface area contributed by atoms with Gasteiger partial charge in [-0.2, -0.15) is 4.98 Å². The molecule has 0 aliphatic rings. The largest absolute Gasteiger partial charge is 0.476 e. The Labute approximate surface area is 94.0 Å². The van der Waals surface area contributed by atoms with Gasteiger partial charge in [0.1, 0.15) is 6.61 Å². The number of likely N-dealkylation sites (N-methyl/N-ethyl adjacent to an activating group) is 1. The van der Waals surface area contributed by atoms with E-state index >= 15 is 0 Å². The summed E-state index contributed by atoms with van der Waals surface area (Å²) in [6, 6.07) is 1.67. The molecule has 0 unspecified atom stereocenters. The van der Waals surface area contributed by atoms with Crippen molar-refractivity contribution in [3.63, 3.8) is 0 Å². The molecule has 6 heteroatoms. The monoisotopic (exact) mass is 225 g/mol. The maximum Gasteiger partial charge on any atom is 0.376 e. The highest BCUT2D eigenvalue weighted by Crippen LogP contribution is 2.09. The molecule has 0 saturated heterocycles. The predicted octanol–water partition coefficient (Wildman–Crippen LogP) is 0.170. The third-order valence-electron chi connectivity index (χ3n) is 1.80. The first-order chi connectivity index (χ1) is 7.67. The molecule has 88 valence electrons. The van der Waals surface area contributed by atoms with Gasteiger partial charge in [0.2, 0.25) is 11.7 Å². The van der Waals surface area contributed by atoms with Gasteiger partial charge in [-0.25, -0.2) is 9.78 Å². The van der Waals surface area contributed by atoms with E-state index in [2.05, 4.69) is 20.0 Å². The molecule has 1 N–H and O–H groups in total. The van der Waals surface area contributed by atoms with Crippen molar-refractivity contribution in [1.29, 1.82) is 0 Å². The van der Waals surface area contributed by atoms with Crippen molar-refractivity contribution >= 4 is 5.97 Å². The molecule has 0 aliphatic heterocycles. The van der Waals surface area contributed by atoms with Crippen molar-refractivity contribution < 1.29 is 14.3 Å². The molecule has 0 atom stereocenters. The van der Waals surface area contributed by atoms with Gasteiger partial charge in [0.05, 0.1) is 7.11 Å². The molecular formula is C10H15N3O3. The third-order valence-corrected chi connectivity index (χ3v) is 1.80. The number of esters is 1. The Balaban J connectivity index is 2.77. The van der Waals surface area contributed by atoms with Crippen LogP contribution in [0.1, 0.15) is 16.3 Å². The number of aromatic nitrogens is 2. The van der Waals surface area contributed by atoms with Crippen LogP contribution in [-0.4, -0.2) is 43.2 Å². The van der Waals surface area contributed by atoms with Crippen LogP contribution in [0.15, 0.2) is 6.07 Å². The first-order valence-corrected chi connectivity index (χ1v) is 4.88. The standard InChI is InChI=1S/C10H15N3O3/c1-7-6-8(16-5-4-11-2)13-9(12-7)10(14)15-3/h6,11H,4-5H2,1-3H3. The van der Waals surface area contributed by atoms with Gasteiger partial charge in [0, 0.05) is 18.3 Å². The van der Waals surface area contributed by atoms with Gasteiger partial charge in [0.25, 0.3) is 0 Å². The summed E-state index contributed by atoms with van der Waals surface area (Å²) in [6.07, 6.45) is 0. The van der Waals surface area contributed by atoms with Crippen LogP contribution >= 0.6 is 0 Å². The van der Waals surface area contributed by atoms with Crippen molar-refractivity contribution in [2.75, 3.05) is 27.3 Å².